The highest BCUT2D eigenvalue weighted by molar-refractivity contribution is 7.99. The highest BCUT2D eigenvalue weighted by Gasteiger charge is 2.12. The number of nitrogens with one attached hydrogen (secondary N) is 1. The molecule has 0 saturated carbocycles. The molecule has 0 fully saturated rings. The third kappa shape index (κ3) is 5.41. The molecule has 0 aliphatic rings. The SMILES string of the molecule is CCSCCC(C)NC(C)c1ccc(OC)c(F)c1. The van der Waals surface area contributed by atoms with Gasteiger partial charge in [-0.05, 0) is 49.5 Å². The van der Waals surface area contributed by atoms with Crippen LogP contribution in [0.2, 0.25) is 0 Å². The average molecular weight is 285 g/mol. The highest BCUT2D eigenvalue weighted by atomic mass is 32.2. The van der Waals surface area contributed by atoms with Crippen LogP contribution in [0.4, 0.5) is 4.39 Å². The van der Waals surface area contributed by atoms with Crippen LogP contribution in [0.3, 0.4) is 0 Å². The van der Waals surface area contributed by atoms with Crippen molar-refractivity contribution >= 4 is 11.8 Å². The van der Waals surface area contributed by atoms with E-state index in [-0.39, 0.29) is 11.9 Å². The van der Waals surface area contributed by atoms with Crippen molar-refractivity contribution in [2.75, 3.05) is 18.6 Å². The Hall–Kier alpha value is -0.740. The van der Waals surface area contributed by atoms with Gasteiger partial charge in [0.1, 0.15) is 0 Å². The normalized spacial score (nSPS) is 14.2. The van der Waals surface area contributed by atoms with Crippen LogP contribution >= 0.6 is 11.8 Å². The molecule has 0 aromatic heterocycles. The zero-order valence-electron chi connectivity index (χ0n) is 12.2. The van der Waals surface area contributed by atoms with Crippen molar-refractivity contribution in [1.82, 2.24) is 5.32 Å². The van der Waals surface area contributed by atoms with E-state index in [1.807, 2.05) is 17.8 Å². The van der Waals surface area contributed by atoms with Crippen molar-refractivity contribution in [3.63, 3.8) is 0 Å². The standard InChI is InChI=1S/C15H24FNOS/c1-5-19-9-8-11(2)17-12(3)13-6-7-15(18-4)14(16)10-13/h6-7,10-12,17H,5,8-9H2,1-4H3. The summed E-state index contributed by atoms with van der Waals surface area (Å²) in [4.78, 5) is 0. The lowest BCUT2D eigenvalue weighted by Crippen LogP contribution is -2.29. The van der Waals surface area contributed by atoms with E-state index in [0.717, 1.165) is 23.5 Å². The Morgan fingerprint density at radius 3 is 2.68 bits per heavy atom. The Kier molecular flexibility index (Phi) is 7.24. The molecule has 1 rings (SSSR count). The van der Waals surface area contributed by atoms with Crippen molar-refractivity contribution in [3.05, 3.63) is 29.6 Å². The van der Waals surface area contributed by atoms with Crippen LogP contribution in [0, 0.1) is 5.82 Å². The van der Waals surface area contributed by atoms with Crippen LogP contribution < -0.4 is 10.1 Å². The Labute approximate surface area is 120 Å². The third-order valence-electron chi connectivity index (χ3n) is 3.11. The molecule has 4 heteroatoms. The summed E-state index contributed by atoms with van der Waals surface area (Å²) in [5.74, 6) is 2.31. The second kappa shape index (κ2) is 8.43. The summed E-state index contributed by atoms with van der Waals surface area (Å²) in [6.45, 7) is 6.41. The number of methoxy groups -OCH3 is 1. The van der Waals surface area contributed by atoms with E-state index in [1.165, 1.54) is 7.11 Å². The molecule has 0 aliphatic heterocycles. The quantitative estimate of drug-likeness (QED) is 0.729. The zero-order chi connectivity index (χ0) is 14.3. The first-order valence-electron chi connectivity index (χ1n) is 6.75. The molecule has 0 radical (unpaired) electrons. The topological polar surface area (TPSA) is 21.3 Å². The van der Waals surface area contributed by atoms with E-state index in [9.17, 15) is 4.39 Å². The van der Waals surface area contributed by atoms with Crippen molar-refractivity contribution < 1.29 is 9.13 Å². The zero-order valence-corrected chi connectivity index (χ0v) is 13.0. The van der Waals surface area contributed by atoms with Gasteiger partial charge in [-0.3, -0.25) is 0 Å². The lowest BCUT2D eigenvalue weighted by molar-refractivity contribution is 0.385. The molecular weight excluding hydrogens is 261 g/mol. The average Bonchev–Trinajstić information content (AvgIpc) is 2.38. The van der Waals surface area contributed by atoms with Crippen LogP contribution in [-0.4, -0.2) is 24.7 Å². The van der Waals surface area contributed by atoms with Gasteiger partial charge in [0.15, 0.2) is 11.6 Å². The molecule has 1 aromatic carbocycles. The first-order valence-corrected chi connectivity index (χ1v) is 7.91. The number of hydrogen-bond donors (Lipinski definition) is 1. The van der Waals surface area contributed by atoms with Crippen molar-refractivity contribution in [2.24, 2.45) is 0 Å². The molecule has 0 bridgehead atoms. The van der Waals surface area contributed by atoms with E-state index in [4.69, 9.17) is 4.74 Å². The smallest absolute Gasteiger partial charge is 0.165 e. The van der Waals surface area contributed by atoms with Gasteiger partial charge in [0.2, 0.25) is 0 Å². The van der Waals surface area contributed by atoms with Crippen LogP contribution in [0.25, 0.3) is 0 Å². The number of halogens is 1. The summed E-state index contributed by atoms with van der Waals surface area (Å²) in [6.07, 6.45) is 1.13. The van der Waals surface area contributed by atoms with Crippen LogP contribution in [0.5, 0.6) is 5.75 Å². The van der Waals surface area contributed by atoms with Gasteiger partial charge in [-0.2, -0.15) is 11.8 Å². The minimum Gasteiger partial charge on any atom is -0.494 e. The van der Waals surface area contributed by atoms with E-state index < -0.39 is 0 Å². The molecule has 2 atom stereocenters. The summed E-state index contributed by atoms with van der Waals surface area (Å²) < 4.78 is 18.6. The van der Waals surface area contributed by atoms with Gasteiger partial charge in [0.25, 0.3) is 0 Å². The van der Waals surface area contributed by atoms with E-state index >= 15 is 0 Å². The Bertz CT molecular complexity index is 386. The van der Waals surface area contributed by atoms with Crippen LogP contribution in [0.15, 0.2) is 18.2 Å². The maximum Gasteiger partial charge on any atom is 0.165 e. The Balaban J connectivity index is 2.52. The second-order valence-electron chi connectivity index (χ2n) is 4.67. The maximum absolute atomic E-state index is 13.6. The van der Waals surface area contributed by atoms with E-state index in [2.05, 4.69) is 26.1 Å². The highest BCUT2D eigenvalue weighted by Crippen LogP contribution is 2.22. The Morgan fingerprint density at radius 1 is 1.37 bits per heavy atom. The number of benzene rings is 1. The minimum atomic E-state index is -0.303. The molecule has 1 aromatic rings. The summed E-state index contributed by atoms with van der Waals surface area (Å²) in [6, 6.07) is 5.71. The molecule has 2 unspecified atom stereocenters. The van der Waals surface area contributed by atoms with Crippen molar-refractivity contribution in [2.45, 2.75) is 39.3 Å². The lowest BCUT2D eigenvalue weighted by Gasteiger charge is -2.20. The molecule has 0 saturated heterocycles. The van der Waals surface area contributed by atoms with Gasteiger partial charge < -0.3 is 10.1 Å². The predicted molar refractivity (Wildman–Crippen MR) is 81.6 cm³/mol. The van der Waals surface area contributed by atoms with Gasteiger partial charge in [0, 0.05) is 12.1 Å². The van der Waals surface area contributed by atoms with Gasteiger partial charge in [0.05, 0.1) is 7.11 Å². The fourth-order valence-electron chi connectivity index (χ4n) is 1.96. The van der Waals surface area contributed by atoms with Crippen LogP contribution in [-0.2, 0) is 0 Å². The number of ether oxygens (including phenoxy) is 1. The van der Waals surface area contributed by atoms with E-state index in [0.29, 0.717) is 11.8 Å². The first kappa shape index (κ1) is 16.3. The first-order chi connectivity index (χ1) is 9.08. The molecule has 0 spiro atoms. The van der Waals surface area contributed by atoms with Gasteiger partial charge in [-0.15, -0.1) is 0 Å². The fourth-order valence-corrected chi connectivity index (χ4v) is 2.77. The van der Waals surface area contributed by atoms with E-state index in [1.54, 1.807) is 12.1 Å². The van der Waals surface area contributed by atoms with Gasteiger partial charge >= 0.3 is 0 Å². The number of hydrogen-bond acceptors (Lipinski definition) is 3. The fraction of sp³-hybridized carbons (Fsp3) is 0.600. The van der Waals surface area contributed by atoms with Gasteiger partial charge in [-0.1, -0.05) is 13.0 Å². The molecule has 19 heavy (non-hydrogen) atoms. The van der Waals surface area contributed by atoms with Crippen molar-refractivity contribution in [3.8, 4) is 5.75 Å². The van der Waals surface area contributed by atoms with Gasteiger partial charge in [-0.25, -0.2) is 4.39 Å². The molecular formula is C15H24FNOS. The molecule has 0 heterocycles. The molecule has 0 aliphatic carbocycles. The maximum atomic E-state index is 13.6. The second-order valence-corrected chi connectivity index (χ2v) is 6.06. The molecule has 2 nitrogen and oxygen atoms in total. The monoisotopic (exact) mass is 285 g/mol. The summed E-state index contributed by atoms with van der Waals surface area (Å²) >= 11 is 1.95. The summed E-state index contributed by atoms with van der Waals surface area (Å²) in [7, 11) is 1.48. The third-order valence-corrected chi connectivity index (χ3v) is 4.04. The summed E-state index contributed by atoms with van der Waals surface area (Å²) in [5, 5.41) is 3.50. The number of rotatable bonds is 8. The van der Waals surface area contributed by atoms with Crippen LogP contribution in [0.1, 0.15) is 38.8 Å². The molecule has 108 valence electrons. The minimum absolute atomic E-state index is 0.141. The molecule has 1 N–H and O–H groups in total. The number of thioether (sulfide) groups is 1. The summed E-state index contributed by atoms with van der Waals surface area (Å²) in [5.41, 5.74) is 0.952. The molecule has 0 amide bonds. The Morgan fingerprint density at radius 2 is 2.11 bits per heavy atom. The largest absolute Gasteiger partial charge is 0.494 e. The lowest BCUT2D eigenvalue weighted by atomic mass is 10.1. The predicted octanol–water partition coefficient (Wildman–Crippen LogP) is 4.02. The van der Waals surface area contributed by atoms with Crippen molar-refractivity contribution in [1.29, 1.82) is 0 Å².